The Labute approximate surface area is 169 Å². The molecule has 1 amide bonds. The van der Waals surface area contributed by atoms with E-state index in [4.69, 9.17) is 9.15 Å². The predicted octanol–water partition coefficient (Wildman–Crippen LogP) is 3.83. The van der Waals surface area contributed by atoms with Gasteiger partial charge in [-0.15, -0.1) is 0 Å². The van der Waals surface area contributed by atoms with E-state index in [-0.39, 0.29) is 5.69 Å². The van der Waals surface area contributed by atoms with Crippen LogP contribution in [0.5, 0.6) is 0 Å². The number of aryl methyl sites for hydroxylation is 2. The van der Waals surface area contributed by atoms with Crippen molar-refractivity contribution in [3.05, 3.63) is 45.6 Å². The van der Waals surface area contributed by atoms with Gasteiger partial charge in [0, 0.05) is 17.6 Å². The van der Waals surface area contributed by atoms with E-state index in [1.54, 1.807) is 19.9 Å². The van der Waals surface area contributed by atoms with Gasteiger partial charge in [0.25, 0.3) is 5.91 Å². The maximum atomic E-state index is 14.2. The highest BCUT2D eigenvalue weighted by Crippen LogP contribution is 2.33. The molecule has 1 N–H and O–H groups in total. The molecule has 0 unspecified atom stereocenters. The topological polar surface area (TPSA) is 80.5 Å². The van der Waals surface area contributed by atoms with Crippen LogP contribution in [0.3, 0.4) is 0 Å². The quantitative estimate of drug-likeness (QED) is 0.655. The minimum absolute atomic E-state index is 0.0860. The molecule has 0 spiro atoms. The summed E-state index contributed by atoms with van der Waals surface area (Å²) in [5, 5.41) is 3.15. The van der Waals surface area contributed by atoms with Crippen LogP contribution in [0.1, 0.15) is 21.9 Å². The van der Waals surface area contributed by atoms with Crippen molar-refractivity contribution in [2.24, 2.45) is 0 Å². The molecule has 0 aliphatic carbocycles. The first kappa shape index (κ1) is 18.8. The van der Waals surface area contributed by atoms with Crippen LogP contribution in [-0.4, -0.2) is 42.2 Å². The number of anilines is 2. The highest BCUT2D eigenvalue weighted by Gasteiger charge is 2.27. The van der Waals surface area contributed by atoms with Gasteiger partial charge < -0.3 is 19.4 Å². The average Bonchev–Trinajstić information content (AvgIpc) is 2.99. The van der Waals surface area contributed by atoms with Crippen molar-refractivity contribution in [3.63, 3.8) is 0 Å². The van der Waals surface area contributed by atoms with Gasteiger partial charge in [0.1, 0.15) is 23.2 Å². The minimum atomic E-state index is -0.534. The van der Waals surface area contributed by atoms with Crippen LogP contribution < -0.4 is 10.2 Å². The molecule has 0 saturated carbocycles. The van der Waals surface area contributed by atoms with Crippen molar-refractivity contribution < 1.29 is 18.3 Å². The van der Waals surface area contributed by atoms with Crippen molar-refractivity contribution in [2.45, 2.75) is 13.8 Å². The Hall–Kier alpha value is -2.52. The molecule has 0 radical (unpaired) electrons. The number of hydrogen-bond acceptors (Lipinski definition) is 6. The van der Waals surface area contributed by atoms with Gasteiger partial charge in [0.2, 0.25) is 5.71 Å². The van der Waals surface area contributed by atoms with Gasteiger partial charge in [0.05, 0.1) is 29.9 Å². The molecule has 2 aromatic heterocycles. The number of morpholine rings is 1. The largest absolute Gasteiger partial charge is 0.442 e. The number of halogens is 2. The van der Waals surface area contributed by atoms with E-state index in [1.807, 2.05) is 4.90 Å². The summed E-state index contributed by atoms with van der Waals surface area (Å²) < 4.78 is 25.9. The van der Waals surface area contributed by atoms with Crippen LogP contribution in [0.15, 0.2) is 27.1 Å². The first-order chi connectivity index (χ1) is 13.4. The maximum absolute atomic E-state index is 14.2. The third-order valence-corrected chi connectivity index (χ3v) is 5.03. The van der Waals surface area contributed by atoms with Crippen LogP contribution in [-0.2, 0) is 4.74 Å². The molecular weight excluding hydrogens is 431 g/mol. The number of amides is 1. The second kappa shape index (κ2) is 7.48. The van der Waals surface area contributed by atoms with Crippen LogP contribution in [0.25, 0.3) is 11.1 Å². The van der Waals surface area contributed by atoms with Gasteiger partial charge >= 0.3 is 0 Å². The van der Waals surface area contributed by atoms with Gasteiger partial charge in [0.15, 0.2) is 0 Å². The maximum Gasteiger partial charge on any atom is 0.260 e. The summed E-state index contributed by atoms with van der Waals surface area (Å²) in [6.07, 6.45) is 0. The highest BCUT2D eigenvalue weighted by atomic mass is 79.9. The van der Waals surface area contributed by atoms with E-state index in [9.17, 15) is 9.18 Å². The number of ether oxygens (including phenoxy) is 1. The standard InChI is InChI=1S/C19H18BrFN4O3/c1-10-15(18(26)24-14-4-3-12(20)9-13(14)21)16-17(25-5-7-27-8-6-25)22-11(2)23-19(16)28-10/h3-4,9H,5-8H2,1-2H3,(H,24,26). The molecule has 3 aromatic rings. The smallest absolute Gasteiger partial charge is 0.260 e. The lowest BCUT2D eigenvalue weighted by Crippen LogP contribution is -2.37. The van der Waals surface area contributed by atoms with E-state index in [1.165, 1.54) is 12.1 Å². The number of furan rings is 1. The number of nitrogens with one attached hydrogen (secondary N) is 1. The number of fused-ring (bicyclic) bond motifs is 1. The van der Waals surface area contributed by atoms with Gasteiger partial charge in [-0.2, -0.15) is 4.98 Å². The van der Waals surface area contributed by atoms with E-state index in [2.05, 4.69) is 31.2 Å². The van der Waals surface area contributed by atoms with Crippen molar-refractivity contribution in [1.82, 2.24) is 9.97 Å². The zero-order chi connectivity index (χ0) is 19.8. The van der Waals surface area contributed by atoms with Gasteiger partial charge in [-0.05, 0) is 32.0 Å². The Morgan fingerprint density at radius 3 is 2.71 bits per heavy atom. The number of carbonyl (C=O) groups is 1. The molecule has 0 bridgehead atoms. The lowest BCUT2D eigenvalue weighted by atomic mass is 10.1. The van der Waals surface area contributed by atoms with Crippen LogP contribution in [0.4, 0.5) is 15.9 Å². The van der Waals surface area contributed by atoms with Crippen molar-refractivity contribution in [1.29, 1.82) is 0 Å². The average molecular weight is 449 g/mol. The summed E-state index contributed by atoms with van der Waals surface area (Å²) >= 11 is 3.21. The molecule has 1 aliphatic heterocycles. The molecule has 9 heteroatoms. The lowest BCUT2D eigenvalue weighted by Gasteiger charge is -2.28. The molecule has 3 heterocycles. The Bertz CT molecular complexity index is 1060. The summed E-state index contributed by atoms with van der Waals surface area (Å²) in [5.41, 5.74) is 0.731. The second-order valence-electron chi connectivity index (χ2n) is 6.49. The number of hydrogen-bond donors (Lipinski definition) is 1. The minimum Gasteiger partial charge on any atom is -0.442 e. The normalized spacial score (nSPS) is 14.5. The Morgan fingerprint density at radius 2 is 2.00 bits per heavy atom. The van der Waals surface area contributed by atoms with E-state index in [0.717, 1.165) is 0 Å². The number of benzene rings is 1. The zero-order valence-corrected chi connectivity index (χ0v) is 17.0. The third kappa shape index (κ3) is 3.47. The molecule has 4 rings (SSSR count). The van der Waals surface area contributed by atoms with E-state index in [0.29, 0.717) is 64.8 Å². The molecule has 1 fully saturated rings. The molecule has 7 nitrogen and oxygen atoms in total. The summed E-state index contributed by atoms with van der Waals surface area (Å²) in [5.74, 6) is 0.574. The number of rotatable bonds is 3. The Kier molecular flexibility index (Phi) is 5.03. The molecule has 1 aliphatic rings. The summed E-state index contributed by atoms with van der Waals surface area (Å²) in [6.45, 7) is 5.92. The van der Waals surface area contributed by atoms with Crippen LogP contribution in [0.2, 0.25) is 0 Å². The number of aromatic nitrogens is 2. The van der Waals surface area contributed by atoms with Gasteiger partial charge in [-0.1, -0.05) is 15.9 Å². The summed E-state index contributed by atoms with van der Waals surface area (Å²) in [7, 11) is 0. The SMILES string of the molecule is Cc1nc(N2CCOCC2)c2c(C(=O)Nc3ccc(Br)cc3F)c(C)oc2n1. The van der Waals surface area contributed by atoms with Crippen LogP contribution >= 0.6 is 15.9 Å². The summed E-state index contributed by atoms with van der Waals surface area (Å²) in [4.78, 5) is 24.0. The molecule has 0 atom stereocenters. The highest BCUT2D eigenvalue weighted by molar-refractivity contribution is 9.10. The summed E-state index contributed by atoms with van der Waals surface area (Å²) in [6, 6.07) is 4.45. The molecule has 146 valence electrons. The lowest BCUT2D eigenvalue weighted by molar-refractivity contribution is 0.102. The fourth-order valence-corrected chi connectivity index (χ4v) is 3.58. The zero-order valence-electron chi connectivity index (χ0n) is 15.4. The second-order valence-corrected chi connectivity index (χ2v) is 7.40. The first-order valence-corrected chi connectivity index (χ1v) is 9.60. The number of carbonyl (C=O) groups excluding carboxylic acids is 1. The van der Waals surface area contributed by atoms with Crippen molar-refractivity contribution >= 4 is 44.4 Å². The fraction of sp³-hybridized carbons (Fsp3) is 0.316. The molecule has 1 saturated heterocycles. The predicted molar refractivity (Wildman–Crippen MR) is 106 cm³/mol. The van der Waals surface area contributed by atoms with Gasteiger partial charge in [-0.25, -0.2) is 9.37 Å². The monoisotopic (exact) mass is 448 g/mol. The fourth-order valence-electron chi connectivity index (χ4n) is 3.25. The van der Waals surface area contributed by atoms with E-state index < -0.39 is 11.7 Å². The third-order valence-electron chi connectivity index (χ3n) is 4.54. The molecule has 28 heavy (non-hydrogen) atoms. The van der Waals surface area contributed by atoms with Crippen molar-refractivity contribution in [3.8, 4) is 0 Å². The Morgan fingerprint density at radius 1 is 1.25 bits per heavy atom. The molecular formula is C19H18BrFN4O3. The van der Waals surface area contributed by atoms with Gasteiger partial charge in [-0.3, -0.25) is 4.79 Å². The molecule has 1 aromatic carbocycles. The van der Waals surface area contributed by atoms with E-state index >= 15 is 0 Å². The van der Waals surface area contributed by atoms with Crippen molar-refractivity contribution in [2.75, 3.05) is 36.5 Å². The van der Waals surface area contributed by atoms with Crippen LogP contribution in [0, 0.1) is 19.7 Å². The first-order valence-electron chi connectivity index (χ1n) is 8.81. The number of nitrogens with zero attached hydrogens (tertiary/aromatic N) is 3. The Balaban J connectivity index is 1.79.